The van der Waals surface area contributed by atoms with Gasteiger partial charge >= 0.3 is 0 Å². The highest BCUT2D eigenvalue weighted by Crippen LogP contribution is 2.31. The van der Waals surface area contributed by atoms with Crippen molar-refractivity contribution in [2.24, 2.45) is 0 Å². The highest BCUT2D eigenvalue weighted by molar-refractivity contribution is 5.99. The molecule has 0 bridgehead atoms. The van der Waals surface area contributed by atoms with Crippen LogP contribution in [0.5, 0.6) is 11.5 Å². The van der Waals surface area contributed by atoms with Gasteiger partial charge in [0.25, 0.3) is 0 Å². The fourth-order valence-corrected chi connectivity index (χ4v) is 1.32. The van der Waals surface area contributed by atoms with Crippen molar-refractivity contribution in [3.8, 4) is 11.5 Å². The summed E-state index contributed by atoms with van der Waals surface area (Å²) in [6, 6.07) is 1.44. The van der Waals surface area contributed by atoms with Gasteiger partial charge in [0.05, 0.1) is 5.56 Å². The molecule has 3 heteroatoms. The molecular weight excluding hydrogens is 168 g/mol. The van der Waals surface area contributed by atoms with Gasteiger partial charge in [-0.15, -0.1) is 0 Å². The van der Waals surface area contributed by atoms with Crippen LogP contribution in [-0.4, -0.2) is 16.0 Å². The molecule has 0 unspecified atom stereocenters. The van der Waals surface area contributed by atoms with Crippen LogP contribution in [0, 0.1) is 13.8 Å². The fourth-order valence-electron chi connectivity index (χ4n) is 1.32. The molecule has 0 amide bonds. The predicted octanol–water partition coefficient (Wildman–Crippen LogP) is 1.92. The van der Waals surface area contributed by atoms with Crippen molar-refractivity contribution in [1.29, 1.82) is 0 Å². The van der Waals surface area contributed by atoms with Crippen LogP contribution in [0.15, 0.2) is 6.07 Å². The van der Waals surface area contributed by atoms with E-state index < -0.39 is 0 Å². The second-order valence-corrected chi connectivity index (χ2v) is 3.12. The van der Waals surface area contributed by atoms with Gasteiger partial charge in [0.15, 0.2) is 5.78 Å². The zero-order valence-electron chi connectivity index (χ0n) is 7.88. The number of aromatic hydroxyl groups is 2. The van der Waals surface area contributed by atoms with Crippen LogP contribution in [0.1, 0.15) is 28.4 Å². The van der Waals surface area contributed by atoms with Gasteiger partial charge in [-0.1, -0.05) is 0 Å². The molecule has 0 saturated heterocycles. The number of phenols is 2. The Bertz CT molecular complexity index is 341. The first-order valence-corrected chi connectivity index (χ1v) is 3.98. The van der Waals surface area contributed by atoms with Crippen molar-refractivity contribution in [2.75, 3.05) is 0 Å². The van der Waals surface area contributed by atoms with Crippen molar-refractivity contribution in [2.45, 2.75) is 20.8 Å². The van der Waals surface area contributed by atoms with Crippen molar-refractivity contribution in [1.82, 2.24) is 0 Å². The minimum atomic E-state index is -0.242. The normalized spacial score (nSPS) is 10.1. The van der Waals surface area contributed by atoms with Gasteiger partial charge in [0.1, 0.15) is 11.5 Å². The summed E-state index contributed by atoms with van der Waals surface area (Å²) in [7, 11) is 0. The zero-order chi connectivity index (χ0) is 10.2. The van der Waals surface area contributed by atoms with E-state index in [0.29, 0.717) is 11.1 Å². The number of rotatable bonds is 1. The summed E-state index contributed by atoms with van der Waals surface area (Å²) in [4.78, 5) is 11.1. The highest BCUT2D eigenvalue weighted by Gasteiger charge is 2.15. The number of carbonyl (C=O) groups is 1. The molecule has 0 heterocycles. The Morgan fingerprint density at radius 3 is 2.31 bits per heavy atom. The Labute approximate surface area is 76.6 Å². The number of phenolic OH excluding ortho intramolecular Hbond substituents is 2. The van der Waals surface area contributed by atoms with Crippen LogP contribution in [0.25, 0.3) is 0 Å². The molecule has 2 N–H and O–H groups in total. The van der Waals surface area contributed by atoms with Crippen molar-refractivity contribution in [3.05, 3.63) is 22.8 Å². The Kier molecular flexibility index (Phi) is 2.28. The molecule has 0 radical (unpaired) electrons. The van der Waals surface area contributed by atoms with Crippen LogP contribution < -0.4 is 0 Å². The summed E-state index contributed by atoms with van der Waals surface area (Å²) in [6.07, 6.45) is 0. The smallest absolute Gasteiger partial charge is 0.163 e. The average Bonchev–Trinajstić information content (AvgIpc) is 2.01. The molecule has 0 saturated carbocycles. The largest absolute Gasteiger partial charge is 0.508 e. The van der Waals surface area contributed by atoms with E-state index in [1.807, 2.05) is 0 Å². The molecule has 70 valence electrons. The molecule has 0 spiro atoms. The molecular formula is C10H12O3. The summed E-state index contributed by atoms with van der Waals surface area (Å²) in [5.41, 5.74) is 1.14. The lowest BCUT2D eigenvalue weighted by Crippen LogP contribution is -1.98. The maximum Gasteiger partial charge on any atom is 0.163 e. The molecule has 1 aromatic carbocycles. The van der Waals surface area contributed by atoms with Crippen LogP contribution >= 0.6 is 0 Å². The maximum atomic E-state index is 11.1. The second kappa shape index (κ2) is 3.09. The average molecular weight is 180 g/mol. The Hall–Kier alpha value is -1.51. The van der Waals surface area contributed by atoms with Crippen molar-refractivity contribution < 1.29 is 15.0 Å². The number of carbonyl (C=O) groups excluding carboxylic acids is 1. The molecule has 0 aliphatic heterocycles. The molecule has 0 fully saturated rings. The Morgan fingerprint density at radius 2 is 1.85 bits per heavy atom. The lowest BCUT2D eigenvalue weighted by molar-refractivity contribution is 0.101. The summed E-state index contributed by atoms with van der Waals surface area (Å²) < 4.78 is 0. The summed E-state index contributed by atoms with van der Waals surface area (Å²) in [6.45, 7) is 4.60. The van der Waals surface area contributed by atoms with E-state index in [-0.39, 0.29) is 22.8 Å². The monoisotopic (exact) mass is 180 g/mol. The lowest BCUT2D eigenvalue weighted by Gasteiger charge is -2.09. The quantitative estimate of drug-likeness (QED) is 0.512. The van der Waals surface area contributed by atoms with E-state index in [1.54, 1.807) is 13.8 Å². The molecule has 0 aliphatic carbocycles. The molecule has 0 aromatic heterocycles. The highest BCUT2D eigenvalue weighted by atomic mass is 16.3. The van der Waals surface area contributed by atoms with Gasteiger partial charge in [-0.2, -0.15) is 0 Å². The fraction of sp³-hybridized carbons (Fsp3) is 0.300. The number of benzene rings is 1. The number of hydrogen-bond donors (Lipinski definition) is 2. The third-order valence-corrected chi connectivity index (χ3v) is 2.07. The van der Waals surface area contributed by atoms with Gasteiger partial charge in [-0.3, -0.25) is 4.79 Å². The van der Waals surface area contributed by atoms with E-state index in [4.69, 9.17) is 0 Å². The van der Waals surface area contributed by atoms with Crippen molar-refractivity contribution in [3.63, 3.8) is 0 Å². The van der Waals surface area contributed by atoms with E-state index >= 15 is 0 Å². The maximum absolute atomic E-state index is 11.1. The second-order valence-electron chi connectivity index (χ2n) is 3.12. The summed E-state index contributed by atoms with van der Waals surface area (Å²) >= 11 is 0. The molecule has 0 aliphatic rings. The first kappa shape index (κ1) is 9.58. The number of ketones is 1. The zero-order valence-corrected chi connectivity index (χ0v) is 7.88. The molecule has 1 rings (SSSR count). The SMILES string of the molecule is CC(=O)c1c(C)c(O)cc(C)c1O. The molecule has 0 atom stereocenters. The number of hydrogen-bond acceptors (Lipinski definition) is 3. The van der Waals surface area contributed by atoms with Gasteiger partial charge in [-0.25, -0.2) is 0 Å². The Morgan fingerprint density at radius 1 is 1.31 bits per heavy atom. The molecule has 1 aromatic rings. The third kappa shape index (κ3) is 1.49. The third-order valence-electron chi connectivity index (χ3n) is 2.07. The summed E-state index contributed by atoms with van der Waals surface area (Å²) in [5, 5.41) is 18.9. The Balaban J connectivity index is 3.56. The molecule has 13 heavy (non-hydrogen) atoms. The standard InChI is InChI=1S/C10H12O3/c1-5-4-8(12)6(2)9(7(3)11)10(5)13/h4,12-13H,1-3H3. The van der Waals surface area contributed by atoms with E-state index in [0.717, 1.165) is 0 Å². The van der Waals surface area contributed by atoms with Gasteiger partial charge in [0.2, 0.25) is 0 Å². The lowest BCUT2D eigenvalue weighted by atomic mass is 10.00. The van der Waals surface area contributed by atoms with Crippen LogP contribution in [-0.2, 0) is 0 Å². The number of aryl methyl sites for hydroxylation is 1. The minimum absolute atomic E-state index is 0.0391. The van der Waals surface area contributed by atoms with Crippen LogP contribution in [0.2, 0.25) is 0 Å². The van der Waals surface area contributed by atoms with E-state index in [1.165, 1.54) is 13.0 Å². The first-order chi connectivity index (χ1) is 5.95. The van der Waals surface area contributed by atoms with E-state index in [9.17, 15) is 15.0 Å². The van der Waals surface area contributed by atoms with Crippen molar-refractivity contribution >= 4 is 5.78 Å². The van der Waals surface area contributed by atoms with Gasteiger partial charge in [0, 0.05) is 5.56 Å². The van der Waals surface area contributed by atoms with Crippen LogP contribution in [0.3, 0.4) is 0 Å². The topological polar surface area (TPSA) is 57.5 Å². The van der Waals surface area contributed by atoms with Gasteiger partial charge < -0.3 is 10.2 Å². The minimum Gasteiger partial charge on any atom is -0.508 e. The van der Waals surface area contributed by atoms with E-state index in [2.05, 4.69) is 0 Å². The number of Topliss-reactive ketones (excluding diaryl/α,β-unsaturated/α-hetero) is 1. The van der Waals surface area contributed by atoms with Crippen LogP contribution in [0.4, 0.5) is 0 Å². The first-order valence-electron chi connectivity index (χ1n) is 3.98. The predicted molar refractivity (Wildman–Crippen MR) is 49.3 cm³/mol. The molecule has 3 nitrogen and oxygen atoms in total. The summed E-state index contributed by atoms with van der Waals surface area (Å²) in [5.74, 6) is -0.239. The van der Waals surface area contributed by atoms with Gasteiger partial charge in [-0.05, 0) is 32.4 Å².